The molecule has 1 unspecified atom stereocenters. The molecule has 0 saturated carbocycles. The van der Waals surface area contributed by atoms with Crippen molar-refractivity contribution >= 4 is 0 Å². The fourth-order valence-corrected chi connectivity index (χ4v) is 2.04. The summed E-state index contributed by atoms with van der Waals surface area (Å²) in [6, 6.07) is 0.205. The molecular formula is C13H22F3N3O. The van der Waals surface area contributed by atoms with Gasteiger partial charge in [0, 0.05) is 18.9 Å². The molecule has 0 aliphatic carbocycles. The van der Waals surface area contributed by atoms with Crippen LogP contribution in [0.5, 0.6) is 0 Å². The smallest absolute Gasteiger partial charge is 0.339 e. The van der Waals surface area contributed by atoms with Gasteiger partial charge in [-0.05, 0) is 18.9 Å². The van der Waals surface area contributed by atoms with Crippen LogP contribution in [0.3, 0.4) is 0 Å². The summed E-state index contributed by atoms with van der Waals surface area (Å²) in [5.41, 5.74) is 0. The van der Waals surface area contributed by atoms with Gasteiger partial charge >= 0.3 is 6.18 Å². The van der Waals surface area contributed by atoms with Crippen LogP contribution in [-0.4, -0.2) is 28.9 Å². The van der Waals surface area contributed by atoms with Gasteiger partial charge in [-0.3, -0.25) is 0 Å². The molecule has 0 aliphatic heterocycles. The molecule has 1 rings (SSSR count). The quantitative estimate of drug-likeness (QED) is 0.800. The number of alkyl halides is 3. The van der Waals surface area contributed by atoms with Crippen molar-refractivity contribution in [2.45, 2.75) is 58.7 Å². The molecule has 20 heavy (non-hydrogen) atoms. The van der Waals surface area contributed by atoms with Crippen molar-refractivity contribution in [1.29, 1.82) is 0 Å². The summed E-state index contributed by atoms with van der Waals surface area (Å²) in [6.07, 6.45) is -3.85. The lowest BCUT2D eigenvalue weighted by Gasteiger charge is -2.17. The normalized spacial score (nSPS) is 13.9. The van der Waals surface area contributed by atoms with E-state index in [0.717, 1.165) is 13.0 Å². The molecule has 7 heteroatoms. The zero-order valence-electron chi connectivity index (χ0n) is 12.1. The number of halogens is 3. The minimum Gasteiger partial charge on any atom is -0.339 e. The molecule has 0 bridgehead atoms. The third-order valence-corrected chi connectivity index (χ3v) is 2.81. The molecule has 0 fully saturated rings. The summed E-state index contributed by atoms with van der Waals surface area (Å²) in [4.78, 5) is 4.02. The molecule has 1 heterocycles. The molecule has 116 valence electrons. The second kappa shape index (κ2) is 7.61. The first-order chi connectivity index (χ1) is 9.30. The average Bonchev–Trinajstić information content (AvgIpc) is 2.73. The molecular weight excluding hydrogens is 271 g/mol. The van der Waals surface area contributed by atoms with Gasteiger partial charge in [-0.25, -0.2) is 0 Å². The molecule has 1 atom stereocenters. The maximum absolute atomic E-state index is 12.1. The number of likely N-dealkylation sites (N-methyl/N-ethyl adjacent to an activating group) is 1. The van der Waals surface area contributed by atoms with E-state index >= 15 is 0 Å². The second-order valence-electron chi connectivity index (χ2n) is 5.31. The summed E-state index contributed by atoms with van der Waals surface area (Å²) in [7, 11) is 0. The Kier molecular flexibility index (Phi) is 6.45. The van der Waals surface area contributed by atoms with Gasteiger partial charge in [0.25, 0.3) is 0 Å². The first kappa shape index (κ1) is 16.9. The standard InChI is InChI=1S/C13H22F3N3O/c1-4-17-10(7-9(2)3)8-12-18-11(19-20-12)5-6-13(14,15)16/h9-10,17H,4-8H2,1-3H3. The van der Waals surface area contributed by atoms with Crippen LogP contribution in [0.2, 0.25) is 0 Å². The van der Waals surface area contributed by atoms with Crippen molar-refractivity contribution in [2.75, 3.05) is 6.54 Å². The van der Waals surface area contributed by atoms with E-state index in [2.05, 4.69) is 29.3 Å². The Hall–Kier alpha value is -1.11. The van der Waals surface area contributed by atoms with Crippen molar-refractivity contribution in [2.24, 2.45) is 5.92 Å². The van der Waals surface area contributed by atoms with Crippen LogP contribution in [0.15, 0.2) is 4.52 Å². The Morgan fingerprint density at radius 2 is 2.00 bits per heavy atom. The molecule has 1 N–H and O–H groups in total. The Balaban J connectivity index is 2.52. The van der Waals surface area contributed by atoms with E-state index in [1.54, 1.807) is 0 Å². The lowest BCUT2D eigenvalue weighted by atomic mass is 10.0. The van der Waals surface area contributed by atoms with Crippen molar-refractivity contribution in [1.82, 2.24) is 15.5 Å². The highest BCUT2D eigenvalue weighted by Gasteiger charge is 2.27. The van der Waals surface area contributed by atoms with Gasteiger partial charge in [-0.15, -0.1) is 0 Å². The first-order valence-corrected chi connectivity index (χ1v) is 6.91. The summed E-state index contributed by atoms with van der Waals surface area (Å²) < 4.78 is 41.3. The minimum atomic E-state index is -4.19. The summed E-state index contributed by atoms with van der Waals surface area (Å²) in [5, 5.41) is 6.92. The highest BCUT2D eigenvalue weighted by atomic mass is 19.4. The fourth-order valence-electron chi connectivity index (χ4n) is 2.04. The minimum absolute atomic E-state index is 0.122. The first-order valence-electron chi connectivity index (χ1n) is 6.91. The predicted octanol–water partition coefficient (Wildman–Crippen LogP) is 3.13. The van der Waals surface area contributed by atoms with Gasteiger partial charge in [0.15, 0.2) is 5.82 Å². The maximum atomic E-state index is 12.1. The third kappa shape index (κ3) is 6.88. The average molecular weight is 293 g/mol. The van der Waals surface area contributed by atoms with E-state index in [4.69, 9.17) is 4.52 Å². The number of nitrogens with one attached hydrogen (secondary N) is 1. The van der Waals surface area contributed by atoms with Crippen molar-refractivity contribution in [3.8, 4) is 0 Å². The molecule has 0 aliphatic rings. The number of aromatic nitrogens is 2. The van der Waals surface area contributed by atoms with Gasteiger partial charge in [-0.1, -0.05) is 25.9 Å². The third-order valence-electron chi connectivity index (χ3n) is 2.81. The van der Waals surface area contributed by atoms with Crippen LogP contribution in [0, 0.1) is 5.92 Å². The van der Waals surface area contributed by atoms with Gasteiger partial charge in [-0.2, -0.15) is 18.2 Å². The van der Waals surface area contributed by atoms with E-state index in [1.807, 2.05) is 6.92 Å². The molecule has 0 aromatic carbocycles. The van der Waals surface area contributed by atoms with Crippen LogP contribution in [0.1, 0.15) is 45.3 Å². The topological polar surface area (TPSA) is 51.0 Å². The second-order valence-corrected chi connectivity index (χ2v) is 5.31. The fraction of sp³-hybridized carbons (Fsp3) is 0.846. The number of nitrogens with zero attached hydrogens (tertiary/aromatic N) is 2. The monoisotopic (exact) mass is 293 g/mol. The van der Waals surface area contributed by atoms with Gasteiger partial charge in [0.1, 0.15) is 0 Å². The molecule has 0 saturated heterocycles. The largest absolute Gasteiger partial charge is 0.389 e. The van der Waals surface area contributed by atoms with Crippen LogP contribution >= 0.6 is 0 Å². The van der Waals surface area contributed by atoms with Crippen molar-refractivity contribution < 1.29 is 17.7 Å². The Morgan fingerprint density at radius 1 is 1.30 bits per heavy atom. The Morgan fingerprint density at radius 3 is 2.55 bits per heavy atom. The molecule has 1 aromatic heterocycles. The lowest BCUT2D eigenvalue weighted by molar-refractivity contribution is -0.134. The zero-order valence-corrected chi connectivity index (χ0v) is 12.1. The molecule has 0 amide bonds. The van der Waals surface area contributed by atoms with Crippen LogP contribution in [0.4, 0.5) is 13.2 Å². The van der Waals surface area contributed by atoms with Crippen molar-refractivity contribution in [3.05, 3.63) is 11.7 Å². The van der Waals surface area contributed by atoms with Gasteiger partial charge in [0.05, 0.1) is 6.42 Å². The van der Waals surface area contributed by atoms with Crippen LogP contribution < -0.4 is 5.32 Å². The van der Waals surface area contributed by atoms with E-state index in [1.165, 1.54) is 0 Å². The Bertz CT molecular complexity index is 390. The van der Waals surface area contributed by atoms with Crippen LogP contribution in [-0.2, 0) is 12.8 Å². The summed E-state index contributed by atoms with van der Waals surface area (Å²) in [5.74, 6) is 1.04. The molecule has 0 radical (unpaired) electrons. The number of aryl methyl sites for hydroxylation is 1. The van der Waals surface area contributed by atoms with Gasteiger partial charge in [0.2, 0.25) is 5.89 Å². The summed E-state index contributed by atoms with van der Waals surface area (Å²) >= 11 is 0. The number of rotatable bonds is 8. The highest BCUT2D eigenvalue weighted by Crippen LogP contribution is 2.21. The molecule has 1 aromatic rings. The van der Waals surface area contributed by atoms with Crippen LogP contribution in [0.25, 0.3) is 0 Å². The van der Waals surface area contributed by atoms with Gasteiger partial charge < -0.3 is 9.84 Å². The highest BCUT2D eigenvalue weighted by molar-refractivity contribution is 4.90. The SMILES string of the molecule is CCNC(Cc1nc(CCC(F)(F)F)no1)CC(C)C. The van der Waals surface area contributed by atoms with E-state index in [9.17, 15) is 13.2 Å². The van der Waals surface area contributed by atoms with E-state index in [-0.39, 0.29) is 18.3 Å². The predicted molar refractivity (Wildman–Crippen MR) is 69.3 cm³/mol. The molecule has 0 spiro atoms. The summed E-state index contributed by atoms with van der Waals surface area (Å²) in [6.45, 7) is 7.07. The molecule has 4 nitrogen and oxygen atoms in total. The zero-order chi connectivity index (χ0) is 15.2. The number of hydrogen-bond acceptors (Lipinski definition) is 4. The maximum Gasteiger partial charge on any atom is 0.389 e. The van der Waals surface area contributed by atoms with E-state index < -0.39 is 12.6 Å². The van der Waals surface area contributed by atoms with E-state index in [0.29, 0.717) is 18.2 Å². The number of hydrogen-bond donors (Lipinski definition) is 1. The van der Waals surface area contributed by atoms with Crippen molar-refractivity contribution in [3.63, 3.8) is 0 Å². The lowest BCUT2D eigenvalue weighted by Crippen LogP contribution is -2.32. The Labute approximate surface area is 117 Å².